The zero-order chi connectivity index (χ0) is 27.0. The standard InChI is InChI=1S/C28H33BrN8O2/c29-23-18-33-27(34-21-9-5-10-22(16-21)35-28(39)37-13-3-4-14-37)36-25(23)30-11-6-12-31-26(38)24-15-19-7-1-2-8-20(19)17-32-24/h1-2,5,7-10,16,18,24,32H,3-4,6,11-15,17H2,(H,31,38)(H,35,39)(H2,30,33,34,36). The van der Waals surface area contributed by atoms with Gasteiger partial charge in [-0.1, -0.05) is 30.3 Å². The van der Waals surface area contributed by atoms with Crippen LogP contribution in [0.2, 0.25) is 0 Å². The van der Waals surface area contributed by atoms with E-state index in [1.54, 1.807) is 6.20 Å². The number of benzene rings is 2. The number of carbonyl (C=O) groups excluding carboxylic acids is 2. The highest BCUT2D eigenvalue weighted by molar-refractivity contribution is 9.10. The molecule has 2 aliphatic heterocycles. The van der Waals surface area contributed by atoms with Gasteiger partial charge in [0, 0.05) is 50.3 Å². The molecule has 39 heavy (non-hydrogen) atoms. The first kappa shape index (κ1) is 26.9. The lowest BCUT2D eigenvalue weighted by Crippen LogP contribution is -2.47. The summed E-state index contributed by atoms with van der Waals surface area (Å²) in [7, 11) is 0. The van der Waals surface area contributed by atoms with Gasteiger partial charge < -0.3 is 31.5 Å². The van der Waals surface area contributed by atoms with Crippen molar-refractivity contribution in [2.75, 3.05) is 42.1 Å². The van der Waals surface area contributed by atoms with Gasteiger partial charge in [0.2, 0.25) is 11.9 Å². The summed E-state index contributed by atoms with van der Waals surface area (Å²) < 4.78 is 0.744. The topological polar surface area (TPSA) is 123 Å². The highest BCUT2D eigenvalue weighted by atomic mass is 79.9. The first-order valence-corrected chi connectivity index (χ1v) is 14.1. The molecule has 3 aromatic rings. The molecule has 1 unspecified atom stereocenters. The fourth-order valence-corrected chi connectivity index (χ4v) is 5.08. The lowest BCUT2D eigenvalue weighted by molar-refractivity contribution is -0.123. The van der Waals surface area contributed by atoms with E-state index >= 15 is 0 Å². The molecule has 5 rings (SSSR count). The Kier molecular flexibility index (Phi) is 8.89. The van der Waals surface area contributed by atoms with Gasteiger partial charge in [-0.2, -0.15) is 4.98 Å². The highest BCUT2D eigenvalue weighted by Crippen LogP contribution is 2.24. The average Bonchev–Trinajstić information content (AvgIpc) is 3.50. The summed E-state index contributed by atoms with van der Waals surface area (Å²) >= 11 is 3.50. The van der Waals surface area contributed by atoms with Crippen molar-refractivity contribution < 1.29 is 9.59 Å². The summed E-state index contributed by atoms with van der Waals surface area (Å²) in [6.07, 6.45) is 5.23. The Labute approximate surface area is 236 Å². The summed E-state index contributed by atoms with van der Waals surface area (Å²) in [5.41, 5.74) is 3.97. The van der Waals surface area contributed by atoms with Gasteiger partial charge in [0.1, 0.15) is 5.82 Å². The van der Waals surface area contributed by atoms with E-state index in [9.17, 15) is 9.59 Å². The highest BCUT2D eigenvalue weighted by Gasteiger charge is 2.23. The lowest BCUT2D eigenvalue weighted by atomic mass is 9.95. The zero-order valence-electron chi connectivity index (χ0n) is 21.7. The molecule has 1 atom stereocenters. The van der Waals surface area contributed by atoms with Crippen LogP contribution in [-0.4, -0.2) is 59.0 Å². The molecule has 0 saturated carbocycles. The summed E-state index contributed by atoms with van der Waals surface area (Å²) in [4.78, 5) is 35.8. The van der Waals surface area contributed by atoms with E-state index in [2.05, 4.69) is 64.6 Å². The van der Waals surface area contributed by atoms with E-state index in [0.717, 1.165) is 42.5 Å². The number of nitrogens with one attached hydrogen (secondary N) is 5. The minimum atomic E-state index is -0.204. The van der Waals surface area contributed by atoms with Crippen LogP contribution in [0.4, 0.5) is 27.9 Å². The maximum Gasteiger partial charge on any atom is 0.321 e. The van der Waals surface area contributed by atoms with Gasteiger partial charge in [0.15, 0.2) is 0 Å². The summed E-state index contributed by atoms with van der Waals surface area (Å²) in [5.74, 6) is 1.11. The zero-order valence-corrected chi connectivity index (χ0v) is 23.3. The van der Waals surface area contributed by atoms with Gasteiger partial charge in [-0.25, -0.2) is 9.78 Å². The quantitative estimate of drug-likeness (QED) is 0.235. The molecule has 1 fully saturated rings. The molecule has 0 spiro atoms. The number of anilines is 4. The number of nitrogens with zero attached hydrogens (tertiary/aromatic N) is 3. The molecule has 2 aromatic carbocycles. The average molecular weight is 594 g/mol. The van der Waals surface area contributed by atoms with Crippen LogP contribution in [0.5, 0.6) is 0 Å². The van der Waals surface area contributed by atoms with Gasteiger partial charge in [0.05, 0.1) is 10.5 Å². The number of halogens is 1. The Morgan fingerprint density at radius 2 is 1.82 bits per heavy atom. The fraction of sp³-hybridized carbons (Fsp3) is 0.357. The molecule has 0 radical (unpaired) electrons. The number of urea groups is 1. The van der Waals surface area contributed by atoms with Crippen LogP contribution in [0.25, 0.3) is 0 Å². The molecule has 0 aliphatic carbocycles. The Morgan fingerprint density at radius 3 is 2.67 bits per heavy atom. The molecule has 1 aromatic heterocycles. The van der Waals surface area contributed by atoms with Crippen molar-refractivity contribution in [1.29, 1.82) is 0 Å². The third-order valence-electron chi connectivity index (χ3n) is 6.85. The number of aromatic nitrogens is 2. The molecule has 10 nitrogen and oxygen atoms in total. The maximum atomic E-state index is 12.6. The van der Waals surface area contributed by atoms with Crippen molar-refractivity contribution in [2.45, 2.75) is 38.3 Å². The fourth-order valence-electron chi connectivity index (χ4n) is 4.75. The van der Waals surface area contributed by atoms with Crippen LogP contribution < -0.4 is 26.6 Å². The lowest BCUT2D eigenvalue weighted by Gasteiger charge is -2.25. The summed E-state index contributed by atoms with van der Waals surface area (Å²) in [5, 5.41) is 15.8. The summed E-state index contributed by atoms with van der Waals surface area (Å²) in [6.45, 7) is 3.51. The first-order valence-electron chi connectivity index (χ1n) is 13.3. The Bertz CT molecular complexity index is 1310. The molecule has 3 heterocycles. The third-order valence-corrected chi connectivity index (χ3v) is 7.43. The number of rotatable bonds is 9. The minimum Gasteiger partial charge on any atom is -0.369 e. The molecule has 3 amide bonds. The van der Waals surface area contributed by atoms with E-state index in [4.69, 9.17) is 0 Å². The molecular formula is C28H33BrN8O2. The third kappa shape index (κ3) is 7.24. The second-order valence-corrected chi connectivity index (χ2v) is 10.6. The number of fused-ring (bicyclic) bond motifs is 1. The van der Waals surface area contributed by atoms with Crippen LogP contribution in [0.15, 0.2) is 59.2 Å². The van der Waals surface area contributed by atoms with E-state index in [-0.39, 0.29) is 18.0 Å². The van der Waals surface area contributed by atoms with Crippen LogP contribution in [0.1, 0.15) is 30.4 Å². The smallest absolute Gasteiger partial charge is 0.321 e. The molecule has 2 aliphatic rings. The number of hydrogen-bond donors (Lipinski definition) is 5. The van der Waals surface area contributed by atoms with Crippen LogP contribution in [0.3, 0.4) is 0 Å². The number of carbonyl (C=O) groups is 2. The second-order valence-electron chi connectivity index (χ2n) is 9.70. The van der Waals surface area contributed by atoms with Crippen LogP contribution in [0, 0.1) is 0 Å². The summed E-state index contributed by atoms with van der Waals surface area (Å²) in [6, 6.07) is 15.4. The number of amides is 3. The van der Waals surface area contributed by atoms with E-state index in [1.165, 1.54) is 11.1 Å². The van der Waals surface area contributed by atoms with E-state index < -0.39 is 0 Å². The Balaban J connectivity index is 1.07. The maximum absolute atomic E-state index is 12.6. The molecule has 1 saturated heterocycles. The monoisotopic (exact) mass is 592 g/mol. The van der Waals surface area contributed by atoms with Gasteiger partial charge in [-0.15, -0.1) is 0 Å². The van der Waals surface area contributed by atoms with Crippen molar-refractivity contribution >= 4 is 51.0 Å². The van der Waals surface area contributed by atoms with Crippen LogP contribution >= 0.6 is 15.9 Å². The Hall–Kier alpha value is -3.70. The molecule has 5 N–H and O–H groups in total. The molecule has 0 bridgehead atoms. The van der Waals surface area contributed by atoms with Crippen molar-refractivity contribution in [3.05, 3.63) is 70.3 Å². The van der Waals surface area contributed by atoms with Crippen molar-refractivity contribution in [2.24, 2.45) is 0 Å². The van der Waals surface area contributed by atoms with Gasteiger partial charge >= 0.3 is 6.03 Å². The van der Waals surface area contributed by atoms with Crippen LogP contribution in [-0.2, 0) is 17.8 Å². The first-order chi connectivity index (χ1) is 19.0. The predicted octanol–water partition coefficient (Wildman–Crippen LogP) is 4.24. The normalized spacial score (nSPS) is 16.3. The Morgan fingerprint density at radius 1 is 1.03 bits per heavy atom. The van der Waals surface area contributed by atoms with Gasteiger partial charge in [0.25, 0.3) is 0 Å². The van der Waals surface area contributed by atoms with Gasteiger partial charge in [-0.3, -0.25) is 4.79 Å². The molecular weight excluding hydrogens is 560 g/mol. The minimum absolute atomic E-state index is 0.0260. The van der Waals surface area contributed by atoms with E-state index in [1.807, 2.05) is 41.3 Å². The molecule has 204 valence electrons. The SMILES string of the molecule is O=C(NCCCNc1nc(Nc2cccc(NC(=O)N3CCCC3)c2)ncc1Br)C1Cc2ccccc2CN1. The number of hydrogen-bond acceptors (Lipinski definition) is 7. The largest absolute Gasteiger partial charge is 0.369 e. The van der Waals surface area contributed by atoms with Crippen molar-refractivity contribution in [3.8, 4) is 0 Å². The predicted molar refractivity (Wildman–Crippen MR) is 156 cm³/mol. The van der Waals surface area contributed by atoms with Crippen molar-refractivity contribution in [3.63, 3.8) is 0 Å². The van der Waals surface area contributed by atoms with Crippen molar-refractivity contribution in [1.82, 2.24) is 25.5 Å². The van der Waals surface area contributed by atoms with Gasteiger partial charge in [-0.05, 0) is 70.9 Å². The number of likely N-dealkylation sites (tertiary alicyclic amines) is 1. The second kappa shape index (κ2) is 12.9. The molecule has 11 heteroatoms. The van der Waals surface area contributed by atoms with E-state index in [0.29, 0.717) is 43.5 Å².